The molecule has 0 N–H and O–H groups in total. The molecule has 0 aromatic heterocycles. The number of fused-ring (bicyclic) bond motifs is 3. The Labute approximate surface area is 133 Å². The van der Waals surface area contributed by atoms with Crippen LogP contribution < -0.4 is 0 Å². The fraction of sp³-hybridized carbons (Fsp3) is 0.105. The summed E-state index contributed by atoms with van der Waals surface area (Å²) >= 11 is 0. The van der Waals surface area contributed by atoms with Gasteiger partial charge in [-0.15, -0.1) is 0 Å². The summed E-state index contributed by atoms with van der Waals surface area (Å²) in [6, 6.07) is 11.9. The molecule has 2 aromatic carbocycles. The predicted octanol–water partition coefficient (Wildman–Crippen LogP) is 2.65. The number of carbonyl (C=O) groups excluding carboxylic acids is 3. The van der Waals surface area contributed by atoms with E-state index < -0.39 is 17.5 Å². The Hall–Kier alpha value is -3.19. The molecule has 2 aromatic rings. The van der Waals surface area contributed by atoms with Gasteiger partial charge in [0.1, 0.15) is 0 Å². The molecule has 4 nitrogen and oxygen atoms in total. The summed E-state index contributed by atoms with van der Waals surface area (Å²) in [6.07, 6.45) is 0. The van der Waals surface area contributed by atoms with Crippen LogP contribution in [0.3, 0.4) is 0 Å². The number of benzene rings is 2. The number of ketones is 2. The number of carbonyl (C=O) groups is 3. The molecule has 3 rings (SSSR count). The summed E-state index contributed by atoms with van der Waals surface area (Å²) in [6.45, 7) is 1.97. The molecule has 1 aliphatic carbocycles. The Morgan fingerprint density at radius 1 is 0.957 bits per heavy atom. The normalized spacial score (nSPS) is 11.9. The second kappa shape index (κ2) is 5.90. The first-order valence-corrected chi connectivity index (χ1v) is 7.13. The van der Waals surface area contributed by atoms with Crippen LogP contribution in [0.2, 0.25) is 0 Å². The van der Waals surface area contributed by atoms with Gasteiger partial charge in [-0.3, -0.25) is 9.59 Å². The molecule has 0 saturated carbocycles. The van der Waals surface area contributed by atoms with Crippen LogP contribution >= 0.6 is 0 Å². The summed E-state index contributed by atoms with van der Waals surface area (Å²) in [4.78, 5) is 35.6. The van der Waals surface area contributed by atoms with Crippen molar-refractivity contribution in [3.8, 4) is 23.0 Å². The molecule has 112 valence electrons. The minimum Gasteiger partial charge on any atom is -0.456 e. The lowest BCUT2D eigenvalue weighted by molar-refractivity contribution is -0.136. The molecular weight excluding hydrogens is 292 g/mol. The maximum atomic E-state index is 12.2. The van der Waals surface area contributed by atoms with Gasteiger partial charge in [-0.1, -0.05) is 30.2 Å². The summed E-state index contributed by atoms with van der Waals surface area (Å²) in [5.41, 5.74) is 2.68. The molecular formula is C19H12O4. The lowest BCUT2D eigenvalue weighted by Crippen LogP contribution is -2.21. The van der Waals surface area contributed by atoms with Crippen LogP contribution in [-0.2, 0) is 9.53 Å². The summed E-state index contributed by atoms with van der Waals surface area (Å²) in [7, 11) is 0. The number of hydrogen-bond acceptors (Lipinski definition) is 4. The average molecular weight is 304 g/mol. The minimum absolute atomic E-state index is 0.266. The first kappa shape index (κ1) is 14.7. The molecule has 0 radical (unpaired) electrons. The monoisotopic (exact) mass is 304 g/mol. The van der Waals surface area contributed by atoms with Crippen LogP contribution in [0, 0.1) is 11.8 Å². The molecule has 0 amide bonds. The van der Waals surface area contributed by atoms with Crippen molar-refractivity contribution in [3.05, 3.63) is 59.2 Å². The number of rotatable bonds is 1. The lowest BCUT2D eigenvalue weighted by atomic mass is 9.83. The van der Waals surface area contributed by atoms with Gasteiger partial charge < -0.3 is 4.74 Å². The smallest absolute Gasteiger partial charge is 0.384 e. The quantitative estimate of drug-likeness (QED) is 0.462. The molecule has 23 heavy (non-hydrogen) atoms. The Kier molecular flexibility index (Phi) is 3.78. The molecule has 0 bridgehead atoms. The SMILES string of the molecule is CCOC(=O)C#Cc1ccc2c(c1)-c1ccccc1C(=O)C2=O. The largest absolute Gasteiger partial charge is 0.456 e. The number of Topliss-reactive ketones (excluding diaryl/α,β-unsaturated/α-hetero) is 2. The van der Waals surface area contributed by atoms with Crippen molar-refractivity contribution in [3.63, 3.8) is 0 Å². The zero-order chi connectivity index (χ0) is 16.4. The molecule has 1 aliphatic rings. The van der Waals surface area contributed by atoms with E-state index in [1.54, 1.807) is 43.3 Å². The highest BCUT2D eigenvalue weighted by molar-refractivity contribution is 6.53. The number of hydrogen-bond donors (Lipinski definition) is 0. The van der Waals surface area contributed by atoms with Gasteiger partial charge in [-0.2, -0.15) is 0 Å². The van der Waals surface area contributed by atoms with E-state index in [1.165, 1.54) is 0 Å². The Morgan fingerprint density at radius 2 is 1.61 bits per heavy atom. The van der Waals surface area contributed by atoms with Crippen LogP contribution in [0.1, 0.15) is 33.2 Å². The van der Waals surface area contributed by atoms with E-state index in [4.69, 9.17) is 4.74 Å². The molecule has 0 aliphatic heterocycles. The Morgan fingerprint density at radius 3 is 2.30 bits per heavy atom. The van der Waals surface area contributed by atoms with E-state index in [0.717, 1.165) is 0 Å². The third-order valence-corrected chi connectivity index (χ3v) is 3.52. The molecule has 0 atom stereocenters. The van der Waals surface area contributed by atoms with E-state index in [-0.39, 0.29) is 6.61 Å². The average Bonchev–Trinajstić information content (AvgIpc) is 2.58. The van der Waals surface area contributed by atoms with Gasteiger partial charge in [-0.25, -0.2) is 4.79 Å². The maximum Gasteiger partial charge on any atom is 0.384 e. The van der Waals surface area contributed by atoms with E-state index in [9.17, 15) is 14.4 Å². The second-order valence-electron chi connectivity index (χ2n) is 4.93. The maximum absolute atomic E-state index is 12.2. The predicted molar refractivity (Wildman–Crippen MR) is 84.1 cm³/mol. The fourth-order valence-electron chi connectivity index (χ4n) is 2.49. The van der Waals surface area contributed by atoms with Crippen LogP contribution in [-0.4, -0.2) is 24.1 Å². The van der Waals surface area contributed by atoms with E-state index in [0.29, 0.717) is 27.8 Å². The third-order valence-electron chi connectivity index (χ3n) is 3.52. The molecule has 0 spiro atoms. The van der Waals surface area contributed by atoms with Crippen molar-refractivity contribution >= 4 is 17.5 Å². The van der Waals surface area contributed by atoms with Gasteiger partial charge in [0, 0.05) is 22.6 Å². The van der Waals surface area contributed by atoms with Crippen molar-refractivity contribution < 1.29 is 19.1 Å². The third kappa shape index (κ3) is 2.65. The van der Waals surface area contributed by atoms with E-state index >= 15 is 0 Å². The Bertz CT molecular complexity index is 897. The highest BCUT2D eigenvalue weighted by atomic mass is 16.5. The van der Waals surface area contributed by atoms with Gasteiger partial charge in [0.2, 0.25) is 11.6 Å². The van der Waals surface area contributed by atoms with Crippen molar-refractivity contribution in [2.75, 3.05) is 6.61 Å². The summed E-state index contributed by atoms with van der Waals surface area (Å²) in [5, 5.41) is 0. The van der Waals surface area contributed by atoms with E-state index in [2.05, 4.69) is 11.8 Å². The molecule has 0 heterocycles. The van der Waals surface area contributed by atoms with Crippen molar-refractivity contribution in [2.45, 2.75) is 6.92 Å². The first-order chi connectivity index (χ1) is 11.1. The number of ether oxygens (including phenoxy) is 1. The van der Waals surface area contributed by atoms with Crippen LogP contribution in [0.25, 0.3) is 11.1 Å². The van der Waals surface area contributed by atoms with Gasteiger partial charge in [0.05, 0.1) is 6.61 Å². The lowest BCUT2D eigenvalue weighted by Gasteiger charge is -2.17. The van der Waals surface area contributed by atoms with Crippen LogP contribution in [0.15, 0.2) is 42.5 Å². The van der Waals surface area contributed by atoms with Crippen molar-refractivity contribution in [1.29, 1.82) is 0 Å². The number of esters is 1. The first-order valence-electron chi connectivity index (χ1n) is 7.13. The summed E-state index contributed by atoms with van der Waals surface area (Å²) < 4.78 is 4.75. The highest BCUT2D eigenvalue weighted by Gasteiger charge is 2.29. The van der Waals surface area contributed by atoms with Crippen LogP contribution in [0.4, 0.5) is 0 Å². The Balaban J connectivity index is 2.09. The van der Waals surface area contributed by atoms with E-state index in [1.807, 2.05) is 6.07 Å². The van der Waals surface area contributed by atoms with Crippen molar-refractivity contribution in [1.82, 2.24) is 0 Å². The van der Waals surface area contributed by atoms with Gasteiger partial charge in [0.15, 0.2) is 0 Å². The molecule has 0 fully saturated rings. The topological polar surface area (TPSA) is 60.4 Å². The molecule has 0 saturated heterocycles. The zero-order valence-corrected chi connectivity index (χ0v) is 12.4. The highest BCUT2D eigenvalue weighted by Crippen LogP contribution is 2.33. The van der Waals surface area contributed by atoms with Gasteiger partial charge >= 0.3 is 5.97 Å². The second-order valence-corrected chi connectivity index (χ2v) is 4.93. The zero-order valence-electron chi connectivity index (χ0n) is 12.4. The van der Waals surface area contributed by atoms with Gasteiger partial charge in [0.25, 0.3) is 0 Å². The van der Waals surface area contributed by atoms with Crippen molar-refractivity contribution in [2.24, 2.45) is 0 Å². The fourth-order valence-corrected chi connectivity index (χ4v) is 2.49. The van der Waals surface area contributed by atoms with Crippen LogP contribution in [0.5, 0.6) is 0 Å². The van der Waals surface area contributed by atoms with Gasteiger partial charge in [-0.05, 0) is 36.2 Å². The molecule has 0 unspecified atom stereocenters. The summed E-state index contributed by atoms with van der Waals surface area (Å²) in [5.74, 6) is 3.48. The standard InChI is InChI=1S/C19H12O4/c1-2-23-17(20)10-8-12-7-9-15-16(11-12)13-5-3-4-6-14(13)18(21)19(15)22/h3-7,9,11H,2H2,1H3. The minimum atomic E-state index is -0.600. The molecule has 4 heteroatoms.